The topological polar surface area (TPSA) is 79.7 Å². The summed E-state index contributed by atoms with van der Waals surface area (Å²) in [6.07, 6.45) is 2.80. The number of rotatable bonds is 5. The zero-order valence-electron chi connectivity index (χ0n) is 13.8. The molecule has 2 aromatic rings. The van der Waals surface area contributed by atoms with E-state index in [1.54, 1.807) is 17.0 Å². The van der Waals surface area contributed by atoms with Crippen LogP contribution in [0.15, 0.2) is 48.7 Å². The van der Waals surface area contributed by atoms with Crippen molar-refractivity contribution in [3.05, 3.63) is 59.8 Å². The first-order valence-corrected chi connectivity index (χ1v) is 8.28. The van der Waals surface area contributed by atoms with E-state index in [1.165, 1.54) is 6.20 Å². The highest BCUT2D eigenvalue weighted by atomic mass is 16.5. The molecule has 6 nitrogen and oxygen atoms in total. The molecule has 1 unspecified atom stereocenters. The molecule has 1 aliphatic heterocycles. The summed E-state index contributed by atoms with van der Waals surface area (Å²) in [6, 6.07) is 13.1. The summed E-state index contributed by atoms with van der Waals surface area (Å²) >= 11 is 0. The molecule has 3 rings (SSSR count). The minimum atomic E-state index is -0.847. The van der Waals surface area contributed by atoms with E-state index in [9.17, 15) is 9.59 Å². The quantitative estimate of drug-likeness (QED) is 0.905. The Balaban J connectivity index is 1.59. The highest BCUT2D eigenvalue weighted by Gasteiger charge is 2.28. The zero-order valence-corrected chi connectivity index (χ0v) is 13.8. The lowest BCUT2D eigenvalue weighted by atomic mass is 9.98. The van der Waals surface area contributed by atoms with Gasteiger partial charge in [-0.3, -0.25) is 9.59 Å². The summed E-state index contributed by atoms with van der Waals surface area (Å²) in [4.78, 5) is 29.4. The summed E-state index contributed by atoms with van der Waals surface area (Å²) in [7, 11) is 0. The Morgan fingerprint density at radius 3 is 2.68 bits per heavy atom. The summed E-state index contributed by atoms with van der Waals surface area (Å²) in [5, 5.41) is 9.13. The number of likely N-dealkylation sites (tertiary alicyclic amines) is 1. The van der Waals surface area contributed by atoms with Crippen LogP contribution in [0.3, 0.4) is 0 Å². The number of hydrogen-bond donors (Lipinski definition) is 1. The van der Waals surface area contributed by atoms with Gasteiger partial charge in [-0.1, -0.05) is 30.3 Å². The van der Waals surface area contributed by atoms with Gasteiger partial charge in [-0.15, -0.1) is 0 Å². The first-order valence-electron chi connectivity index (χ1n) is 8.28. The van der Waals surface area contributed by atoms with Crippen molar-refractivity contribution in [3.63, 3.8) is 0 Å². The van der Waals surface area contributed by atoms with Crippen LogP contribution in [0.1, 0.15) is 28.8 Å². The molecular weight excluding hydrogens is 320 g/mol. The highest BCUT2D eigenvalue weighted by molar-refractivity contribution is 5.94. The van der Waals surface area contributed by atoms with Crippen molar-refractivity contribution in [1.29, 1.82) is 0 Å². The smallest absolute Gasteiger partial charge is 0.308 e. The van der Waals surface area contributed by atoms with Crippen LogP contribution in [0.4, 0.5) is 0 Å². The van der Waals surface area contributed by atoms with Crippen LogP contribution in [-0.2, 0) is 11.4 Å². The summed E-state index contributed by atoms with van der Waals surface area (Å²) in [5.41, 5.74) is 1.48. The Morgan fingerprint density at radius 2 is 2.00 bits per heavy atom. The molecule has 6 heteroatoms. The average molecular weight is 340 g/mol. The van der Waals surface area contributed by atoms with Gasteiger partial charge in [0.2, 0.25) is 5.88 Å². The predicted molar refractivity (Wildman–Crippen MR) is 91.3 cm³/mol. The largest absolute Gasteiger partial charge is 0.481 e. The minimum absolute atomic E-state index is 0.187. The average Bonchev–Trinajstić information content (AvgIpc) is 2.67. The lowest BCUT2D eigenvalue weighted by Gasteiger charge is -2.30. The van der Waals surface area contributed by atoms with Crippen LogP contribution < -0.4 is 4.74 Å². The van der Waals surface area contributed by atoms with Crippen LogP contribution in [0.2, 0.25) is 0 Å². The van der Waals surface area contributed by atoms with Crippen LogP contribution in [-0.4, -0.2) is 40.0 Å². The molecule has 25 heavy (non-hydrogen) atoms. The third-order valence-electron chi connectivity index (χ3n) is 4.27. The van der Waals surface area contributed by atoms with Crippen LogP contribution in [0.5, 0.6) is 5.88 Å². The summed E-state index contributed by atoms with van der Waals surface area (Å²) in [5.74, 6) is -1.07. The van der Waals surface area contributed by atoms with E-state index in [0.29, 0.717) is 37.4 Å². The molecule has 2 heterocycles. The fourth-order valence-electron chi connectivity index (χ4n) is 2.87. The Morgan fingerprint density at radius 1 is 1.20 bits per heavy atom. The number of carbonyl (C=O) groups excluding carboxylic acids is 1. The van der Waals surface area contributed by atoms with Crippen molar-refractivity contribution < 1.29 is 19.4 Å². The number of amides is 1. The SMILES string of the molecule is O=C(O)C1CCCN(C(=O)c2ccc(OCc3ccccc3)nc2)C1. The fraction of sp³-hybridized carbons (Fsp3) is 0.316. The van der Waals surface area contributed by atoms with Gasteiger partial charge in [-0.25, -0.2) is 4.98 Å². The number of piperidine rings is 1. The summed E-state index contributed by atoms with van der Waals surface area (Å²) < 4.78 is 5.61. The maximum atomic E-state index is 12.5. The molecular formula is C19H20N2O4. The zero-order chi connectivity index (χ0) is 17.6. The Kier molecular flexibility index (Phi) is 5.28. The number of hydrogen-bond acceptors (Lipinski definition) is 4. The molecule has 1 aromatic carbocycles. The standard InChI is InChI=1S/C19H20N2O4/c22-18(21-10-4-7-16(12-21)19(23)24)15-8-9-17(20-11-15)25-13-14-5-2-1-3-6-14/h1-3,5-6,8-9,11,16H,4,7,10,12-13H2,(H,23,24). The van der Waals surface area contributed by atoms with E-state index in [-0.39, 0.29) is 12.5 Å². The number of nitrogens with zero attached hydrogens (tertiary/aromatic N) is 2. The molecule has 130 valence electrons. The fourth-order valence-corrected chi connectivity index (χ4v) is 2.87. The normalized spacial score (nSPS) is 17.1. The van der Waals surface area contributed by atoms with Gasteiger partial charge < -0.3 is 14.7 Å². The van der Waals surface area contributed by atoms with Gasteiger partial charge in [0.1, 0.15) is 6.61 Å². The number of ether oxygens (including phenoxy) is 1. The molecule has 1 atom stereocenters. The first kappa shape index (κ1) is 17.0. The van der Waals surface area contributed by atoms with E-state index in [2.05, 4.69) is 4.98 Å². The van der Waals surface area contributed by atoms with Crippen LogP contribution in [0, 0.1) is 5.92 Å². The molecule has 0 aliphatic carbocycles. The van der Waals surface area contributed by atoms with Crippen molar-refractivity contribution in [3.8, 4) is 5.88 Å². The number of aliphatic carboxylic acids is 1. The molecule has 1 fully saturated rings. The van der Waals surface area contributed by atoms with Crippen molar-refractivity contribution in [2.75, 3.05) is 13.1 Å². The second kappa shape index (κ2) is 7.79. The van der Waals surface area contributed by atoms with E-state index >= 15 is 0 Å². The number of carboxylic acid groups (broad SMARTS) is 1. The molecule has 1 aliphatic rings. The number of aromatic nitrogens is 1. The van der Waals surface area contributed by atoms with Crippen molar-refractivity contribution in [2.45, 2.75) is 19.4 Å². The number of pyridine rings is 1. The molecule has 0 bridgehead atoms. The maximum absolute atomic E-state index is 12.5. The van der Waals surface area contributed by atoms with Crippen LogP contribution in [0.25, 0.3) is 0 Å². The Bertz CT molecular complexity index is 731. The van der Waals surface area contributed by atoms with E-state index < -0.39 is 11.9 Å². The monoisotopic (exact) mass is 340 g/mol. The van der Waals surface area contributed by atoms with Gasteiger partial charge >= 0.3 is 5.97 Å². The number of carbonyl (C=O) groups is 2. The van der Waals surface area contributed by atoms with Gasteiger partial charge in [0.25, 0.3) is 5.91 Å². The second-order valence-corrected chi connectivity index (χ2v) is 6.09. The molecule has 0 radical (unpaired) electrons. The van der Waals surface area contributed by atoms with Gasteiger partial charge in [-0.05, 0) is 24.5 Å². The van der Waals surface area contributed by atoms with Crippen molar-refractivity contribution in [2.24, 2.45) is 5.92 Å². The maximum Gasteiger partial charge on any atom is 0.308 e. The Hall–Kier alpha value is -2.89. The Labute approximate surface area is 146 Å². The first-order chi connectivity index (χ1) is 12.1. The molecule has 1 saturated heterocycles. The van der Waals surface area contributed by atoms with Gasteiger partial charge in [-0.2, -0.15) is 0 Å². The highest BCUT2D eigenvalue weighted by Crippen LogP contribution is 2.19. The lowest BCUT2D eigenvalue weighted by molar-refractivity contribution is -0.143. The third-order valence-corrected chi connectivity index (χ3v) is 4.27. The predicted octanol–water partition coefficient (Wildman–Crippen LogP) is 2.60. The molecule has 0 spiro atoms. The lowest BCUT2D eigenvalue weighted by Crippen LogP contribution is -2.42. The van der Waals surface area contributed by atoms with Crippen LogP contribution >= 0.6 is 0 Å². The van der Waals surface area contributed by atoms with E-state index in [4.69, 9.17) is 9.84 Å². The number of benzene rings is 1. The van der Waals surface area contributed by atoms with E-state index in [1.807, 2.05) is 30.3 Å². The van der Waals surface area contributed by atoms with E-state index in [0.717, 1.165) is 5.56 Å². The molecule has 0 saturated carbocycles. The minimum Gasteiger partial charge on any atom is -0.481 e. The molecule has 1 amide bonds. The van der Waals surface area contributed by atoms with Gasteiger partial charge in [0.15, 0.2) is 0 Å². The molecule has 1 N–H and O–H groups in total. The van der Waals surface area contributed by atoms with Gasteiger partial charge in [0, 0.05) is 25.4 Å². The van der Waals surface area contributed by atoms with Crippen molar-refractivity contribution >= 4 is 11.9 Å². The van der Waals surface area contributed by atoms with Gasteiger partial charge in [0.05, 0.1) is 11.5 Å². The summed E-state index contributed by atoms with van der Waals surface area (Å²) in [6.45, 7) is 1.24. The second-order valence-electron chi connectivity index (χ2n) is 6.09. The van der Waals surface area contributed by atoms with Crippen molar-refractivity contribution in [1.82, 2.24) is 9.88 Å². The third kappa shape index (κ3) is 4.35. The molecule has 1 aromatic heterocycles. The number of carboxylic acids is 1.